The van der Waals surface area contributed by atoms with Gasteiger partial charge in [-0.25, -0.2) is 0 Å². The molecule has 0 N–H and O–H groups in total. The first-order valence-electron chi connectivity index (χ1n) is 6.21. The third kappa shape index (κ3) is 4.13. The van der Waals surface area contributed by atoms with Crippen molar-refractivity contribution in [2.24, 2.45) is 5.92 Å². The SMILES string of the molecule is CCCCCCC(C)C1=CCCC=C1. The van der Waals surface area contributed by atoms with Crippen molar-refractivity contribution in [3.63, 3.8) is 0 Å². The van der Waals surface area contributed by atoms with E-state index in [9.17, 15) is 0 Å². The van der Waals surface area contributed by atoms with Gasteiger partial charge in [-0.3, -0.25) is 0 Å². The Kier molecular flexibility index (Phi) is 5.66. The van der Waals surface area contributed by atoms with Crippen LogP contribution in [0.2, 0.25) is 0 Å². The van der Waals surface area contributed by atoms with Gasteiger partial charge in [0.15, 0.2) is 0 Å². The molecular formula is C14H24. The van der Waals surface area contributed by atoms with Gasteiger partial charge in [0.2, 0.25) is 0 Å². The van der Waals surface area contributed by atoms with Crippen LogP contribution in [-0.2, 0) is 0 Å². The number of rotatable bonds is 6. The predicted molar refractivity (Wildman–Crippen MR) is 64.4 cm³/mol. The van der Waals surface area contributed by atoms with Crippen LogP contribution in [0.1, 0.15) is 58.8 Å². The smallest absolute Gasteiger partial charge is 0.0194 e. The lowest BCUT2D eigenvalue weighted by Crippen LogP contribution is -1.99. The van der Waals surface area contributed by atoms with Gasteiger partial charge in [-0.1, -0.05) is 57.8 Å². The summed E-state index contributed by atoms with van der Waals surface area (Å²) in [5.74, 6) is 0.781. The van der Waals surface area contributed by atoms with E-state index in [0.717, 1.165) is 5.92 Å². The highest BCUT2D eigenvalue weighted by atomic mass is 14.1. The topological polar surface area (TPSA) is 0 Å². The van der Waals surface area contributed by atoms with Crippen molar-refractivity contribution < 1.29 is 0 Å². The lowest BCUT2D eigenvalue weighted by Gasteiger charge is -2.15. The van der Waals surface area contributed by atoms with E-state index in [1.807, 2.05) is 0 Å². The van der Waals surface area contributed by atoms with Crippen LogP contribution in [0.25, 0.3) is 0 Å². The summed E-state index contributed by atoms with van der Waals surface area (Å²) in [7, 11) is 0. The number of allylic oxidation sites excluding steroid dienone is 4. The van der Waals surface area contributed by atoms with Gasteiger partial charge in [0, 0.05) is 0 Å². The summed E-state index contributed by atoms with van der Waals surface area (Å²) in [6, 6.07) is 0. The van der Waals surface area contributed by atoms with Crippen molar-refractivity contribution in [1.82, 2.24) is 0 Å². The Hall–Kier alpha value is -0.520. The van der Waals surface area contributed by atoms with Gasteiger partial charge < -0.3 is 0 Å². The molecule has 1 atom stereocenters. The molecule has 80 valence electrons. The van der Waals surface area contributed by atoms with Crippen molar-refractivity contribution >= 4 is 0 Å². The van der Waals surface area contributed by atoms with Crippen LogP contribution in [0.3, 0.4) is 0 Å². The minimum Gasteiger partial charge on any atom is -0.0840 e. The fraction of sp³-hybridized carbons (Fsp3) is 0.714. The van der Waals surface area contributed by atoms with E-state index in [0.29, 0.717) is 0 Å². The molecule has 0 spiro atoms. The highest BCUT2D eigenvalue weighted by molar-refractivity contribution is 5.24. The van der Waals surface area contributed by atoms with Crippen molar-refractivity contribution in [2.45, 2.75) is 58.8 Å². The third-order valence-electron chi connectivity index (χ3n) is 3.08. The van der Waals surface area contributed by atoms with Crippen LogP contribution in [0, 0.1) is 5.92 Å². The first kappa shape index (κ1) is 11.6. The molecule has 0 amide bonds. The zero-order valence-electron chi connectivity index (χ0n) is 9.76. The van der Waals surface area contributed by atoms with Gasteiger partial charge in [0.25, 0.3) is 0 Å². The first-order chi connectivity index (χ1) is 6.84. The maximum Gasteiger partial charge on any atom is -0.0194 e. The van der Waals surface area contributed by atoms with Crippen LogP contribution < -0.4 is 0 Å². The average molecular weight is 192 g/mol. The standard InChI is InChI=1S/C14H24/c1-3-4-5-7-10-13(2)14-11-8-6-9-12-14/h8,11-13H,3-7,9-10H2,1-2H3. The van der Waals surface area contributed by atoms with E-state index in [1.165, 1.54) is 44.9 Å². The molecule has 1 unspecified atom stereocenters. The molecule has 0 aromatic carbocycles. The molecule has 0 heterocycles. The largest absolute Gasteiger partial charge is 0.0840 e. The number of hydrogen-bond donors (Lipinski definition) is 0. The summed E-state index contributed by atoms with van der Waals surface area (Å²) in [5.41, 5.74) is 1.58. The molecule has 0 fully saturated rings. The maximum atomic E-state index is 2.42. The fourth-order valence-corrected chi connectivity index (χ4v) is 2.04. The molecule has 1 aliphatic carbocycles. The average Bonchev–Trinajstić information content (AvgIpc) is 2.25. The summed E-state index contributed by atoms with van der Waals surface area (Å²) in [6.45, 7) is 4.64. The van der Waals surface area contributed by atoms with Crippen molar-refractivity contribution in [2.75, 3.05) is 0 Å². The zero-order valence-corrected chi connectivity index (χ0v) is 9.76. The Balaban J connectivity index is 2.17. The van der Waals surface area contributed by atoms with Gasteiger partial charge in [0.1, 0.15) is 0 Å². The lowest BCUT2D eigenvalue weighted by atomic mass is 9.91. The van der Waals surface area contributed by atoms with E-state index in [-0.39, 0.29) is 0 Å². The van der Waals surface area contributed by atoms with Crippen LogP contribution in [0.15, 0.2) is 23.8 Å². The van der Waals surface area contributed by atoms with E-state index in [4.69, 9.17) is 0 Å². The normalized spacial score (nSPS) is 18.0. The molecule has 0 bridgehead atoms. The van der Waals surface area contributed by atoms with Gasteiger partial charge >= 0.3 is 0 Å². The zero-order chi connectivity index (χ0) is 10.2. The molecular weight excluding hydrogens is 168 g/mol. The van der Waals surface area contributed by atoms with Gasteiger partial charge in [0.05, 0.1) is 0 Å². The van der Waals surface area contributed by atoms with E-state index in [2.05, 4.69) is 32.1 Å². The second kappa shape index (κ2) is 6.86. The van der Waals surface area contributed by atoms with Crippen LogP contribution in [0.5, 0.6) is 0 Å². The summed E-state index contributed by atoms with van der Waals surface area (Å²) in [4.78, 5) is 0. The molecule has 0 aromatic rings. The molecule has 1 rings (SSSR count). The molecule has 0 aromatic heterocycles. The van der Waals surface area contributed by atoms with Crippen LogP contribution in [-0.4, -0.2) is 0 Å². The molecule has 1 aliphatic rings. The Bertz CT molecular complexity index is 198. The first-order valence-corrected chi connectivity index (χ1v) is 6.21. The van der Waals surface area contributed by atoms with Gasteiger partial charge in [-0.15, -0.1) is 0 Å². The molecule has 0 aliphatic heterocycles. The summed E-state index contributed by atoms with van der Waals surface area (Å²) in [5, 5.41) is 0. The second-order valence-corrected chi connectivity index (χ2v) is 4.43. The molecule has 0 radical (unpaired) electrons. The van der Waals surface area contributed by atoms with E-state index < -0.39 is 0 Å². The minimum atomic E-state index is 0.781. The van der Waals surface area contributed by atoms with Crippen molar-refractivity contribution in [3.8, 4) is 0 Å². The highest BCUT2D eigenvalue weighted by Crippen LogP contribution is 2.23. The van der Waals surface area contributed by atoms with Crippen LogP contribution >= 0.6 is 0 Å². The lowest BCUT2D eigenvalue weighted by molar-refractivity contribution is 0.546. The predicted octanol–water partition coefficient (Wildman–Crippen LogP) is 4.87. The molecule has 0 saturated carbocycles. The van der Waals surface area contributed by atoms with E-state index >= 15 is 0 Å². The minimum absolute atomic E-state index is 0.781. The molecule has 0 nitrogen and oxygen atoms in total. The highest BCUT2D eigenvalue weighted by Gasteiger charge is 2.07. The Morgan fingerprint density at radius 2 is 2.07 bits per heavy atom. The second-order valence-electron chi connectivity index (χ2n) is 4.43. The van der Waals surface area contributed by atoms with Crippen LogP contribution in [0.4, 0.5) is 0 Å². The summed E-state index contributed by atoms with van der Waals surface area (Å²) >= 11 is 0. The van der Waals surface area contributed by atoms with Crippen molar-refractivity contribution in [3.05, 3.63) is 23.8 Å². The maximum absolute atomic E-state index is 2.42. The summed E-state index contributed by atoms with van der Waals surface area (Å²) in [6.07, 6.45) is 16.5. The quantitative estimate of drug-likeness (QED) is 0.527. The van der Waals surface area contributed by atoms with Crippen molar-refractivity contribution in [1.29, 1.82) is 0 Å². The van der Waals surface area contributed by atoms with E-state index in [1.54, 1.807) is 5.57 Å². The Labute approximate surface area is 89.1 Å². The molecule has 0 saturated heterocycles. The Morgan fingerprint density at radius 1 is 1.21 bits per heavy atom. The number of unbranched alkanes of at least 4 members (excludes halogenated alkanes) is 3. The number of hydrogen-bond acceptors (Lipinski definition) is 0. The third-order valence-corrected chi connectivity index (χ3v) is 3.08. The molecule has 0 heteroatoms. The monoisotopic (exact) mass is 192 g/mol. The van der Waals surface area contributed by atoms with Gasteiger partial charge in [-0.05, 0) is 30.8 Å². The van der Waals surface area contributed by atoms with Gasteiger partial charge in [-0.2, -0.15) is 0 Å². The fourth-order valence-electron chi connectivity index (χ4n) is 2.04. The summed E-state index contributed by atoms with van der Waals surface area (Å²) < 4.78 is 0. The molecule has 14 heavy (non-hydrogen) atoms. The Morgan fingerprint density at radius 3 is 2.71 bits per heavy atom.